The van der Waals surface area contributed by atoms with Crippen LogP contribution in [0.15, 0.2) is 18.2 Å². The quantitative estimate of drug-likeness (QED) is 0.831. The molecule has 0 radical (unpaired) electrons. The molecule has 0 aliphatic heterocycles. The molecule has 2 atom stereocenters. The lowest BCUT2D eigenvalue weighted by Gasteiger charge is -2.14. The Hall–Kier alpha value is -1.36. The third kappa shape index (κ3) is 3.35. The molecule has 0 spiro atoms. The number of amides is 1. The zero-order valence-electron chi connectivity index (χ0n) is 11.3. The lowest BCUT2D eigenvalue weighted by molar-refractivity contribution is 0.0935. The van der Waals surface area contributed by atoms with Gasteiger partial charge in [0.25, 0.3) is 5.91 Å². The van der Waals surface area contributed by atoms with Crippen LogP contribution in [0, 0.1) is 0 Å². The average molecular weight is 280 g/mol. The Bertz CT molecular complexity index is 465. The maximum Gasteiger partial charge on any atom is 0.255 e. The van der Waals surface area contributed by atoms with Crippen molar-refractivity contribution in [3.8, 4) is 5.75 Å². The Kier molecular flexibility index (Phi) is 4.58. The molecule has 4 nitrogen and oxygen atoms in total. The number of nitrogens with two attached hydrogens (primary N) is 1. The van der Waals surface area contributed by atoms with Gasteiger partial charge in [0, 0.05) is 23.0 Å². The number of thioether (sulfide) groups is 1. The monoisotopic (exact) mass is 280 g/mol. The summed E-state index contributed by atoms with van der Waals surface area (Å²) in [4.78, 5) is 12.2. The molecule has 2 unspecified atom stereocenters. The number of benzene rings is 1. The van der Waals surface area contributed by atoms with E-state index in [1.165, 1.54) is 6.42 Å². The van der Waals surface area contributed by atoms with Crippen molar-refractivity contribution >= 4 is 23.4 Å². The second kappa shape index (κ2) is 6.19. The molecule has 3 N–H and O–H groups in total. The van der Waals surface area contributed by atoms with E-state index in [9.17, 15) is 4.79 Å². The number of nitrogens with one attached hydrogen (secondary N) is 1. The lowest BCUT2D eigenvalue weighted by Crippen LogP contribution is -2.33. The van der Waals surface area contributed by atoms with Crippen molar-refractivity contribution in [3.63, 3.8) is 0 Å². The molecule has 1 aromatic carbocycles. The summed E-state index contributed by atoms with van der Waals surface area (Å²) in [6.45, 7) is 0. The zero-order chi connectivity index (χ0) is 13.8. The molecule has 1 aliphatic carbocycles. The van der Waals surface area contributed by atoms with E-state index in [0.717, 1.165) is 12.8 Å². The van der Waals surface area contributed by atoms with Crippen LogP contribution >= 0.6 is 11.8 Å². The number of carbonyl (C=O) groups is 1. The van der Waals surface area contributed by atoms with E-state index in [1.54, 1.807) is 25.3 Å². The van der Waals surface area contributed by atoms with Gasteiger partial charge in [-0.15, -0.1) is 0 Å². The first-order valence-electron chi connectivity index (χ1n) is 6.41. The van der Waals surface area contributed by atoms with Crippen molar-refractivity contribution in [2.24, 2.45) is 0 Å². The van der Waals surface area contributed by atoms with Gasteiger partial charge >= 0.3 is 0 Å². The summed E-state index contributed by atoms with van der Waals surface area (Å²) < 4.78 is 5.21. The highest BCUT2D eigenvalue weighted by Crippen LogP contribution is 2.29. The molecule has 1 fully saturated rings. The van der Waals surface area contributed by atoms with Gasteiger partial charge in [-0.3, -0.25) is 4.79 Å². The second-order valence-corrected chi connectivity index (χ2v) is 5.94. The van der Waals surface area contributed by atoms with Crippen LogP contribution in [0.25, 0.3) is 0 Å². The Balaban J connectivity index is 2.04. The molecule has 1 amide bonds. The summed E-state index contributed by atoms with van der Waals surface area (Å²) in [5.41, 5.74) is 6.83. The summed E-state index contributed by atoms with van der Waals surface area (Å²) in [5, 5.41) is 3.75. The predicted molar refractivity (Wildman–Crippen MR) is 79.8 cm³/mol. The molecular weight excluding hydrogens is 260 g/mol. The van der Waals surface area contributed by atoms with Crippen molar-refractivity contribution in [3.05, 3.63) is 23.8 Å². The maximum atomic E-state index is 12.2. The molecule has 1 aliphatic rings. The molecule has 5 heteroatoms. The number of hydrogen-bond acceptors (Lipinski definition) is 4. The SMILES string of the molecule is COc1cc(N)ccc1C(=O)NC1CCC(SC)C1. The molecule has 1 aromatic rings. The van der Waals surface area contributed by atoms with Gasteiger partial charge in [0.1, 0.15) is 5.75 Å². The molecule has 19 heavy (non-hydrogen) atoms. The molecule has 0 heterocycles. The standard InChI is InChI=1S/C14H20N2O2S/c1-18-13-7-9(15)3-6-12(13)14(17)16-10-4-5-11(8-10)19-2/h3,6-7,10-11H,4-5,8,15H2,1-2H3,(H,16,17). The molecule has 0 bridgehead atoms. The summed E-state index contributed by atoms with van der Waals surface area (Å²) in [5.74, 6) is 0.445. The number of anilines is 1. The molecule has 104 valence electrons. The highest BCUT2D eigenvalue weighted by atomic mass is 32.2. The Morgan fingerprint density at radius 1 is 1.47 bits per heavy atom. The van der Waals surface area contributed by atoms with E-state index in [0.29, 0.717) is 22.3 Å². The number of ether oxygens (including phenoxy) is 1. The van der Waals surface area contributed by atoms with E-state index in [-0.39, 0.29) is 11.9 Å². The Morgan fingerprint density at radius 3 is 2.89 bits per heavy atom. The van der Waals surface area contributed by atoms with E-state index in [2.05, 4.69) is 11.6 Å². The van der Waals surface area contributed by atoms with Crippen LogP contribution < -0.4 is 15.8 Å². The minimum atomic E-state index is -0.0800. The summed E-state index contributed by atoms with van der Waals surface area (Å²) in [6, 6.07) is 5.38. The third-order valence-electron chi connectivity index (χ3n) is 3.52. The summed E-state index contributed by atoms with van der Waals surface area (Å²) in [6.07, 6.45) is 5.39. The molecule has 0 aromatic heterocycles. The lowest BCUT2D eigenvalue weighted by atomic mass is 10.1. The molecule has 0 saturated heterocycles. The van der Waals surface area contributed by atoms with E-state index >= 15 is 0 Å². The van der Waals surface area contributed by atoms with Crippen LogP contribution in [-0.2, 0) is 0 Å². The fraction of sp³-hybridized carbons (Fsp3) is 0.500. The summed E-state index contributed by atoms with van der Waals surface area (Å²) >= 11 is 1.88. The first-order chi connectivity index (χ1) is 9.13. The molecule has 2 rings (SSSR count). The first-order valence-corrected chi connectivity index (χ1v) is 7.70. The van der Waals surface area contributed by atoms with Crippen LogP contribution in [-0.4, -0.2) is 30.6 Å². The van der Waals surface area contributed by atoms with Gasteiger partial charge < -0.3 is 15.8 Å². The summed E-state index contributed by atoms with van der Waals surface area (Å²) in [7, 11) is 1.55. The van der Waals surface area contributed by atoms with Crippen LogP contribution in [0.2, 0.25) is 0 Å². The van der Waals surface area contributed by atoms with Gasteiger partial charge in [0.05, 0.1) is 12.7 Å². The zero-order valence-corrected chi connectivity index (χ0v) is 12.1. The van der Waals surface area contributed by atoms with Crippen molar-refractivity contribution in [1.82, 2.24) is 5.32 Å². The van der Waals surface area contributed by atoms with Crippen LogP contribution in [0.5, 0.6) is 5.75 Å². The van der Waals surface area contributed by atoms with Crippen molar-refractivity contribution in [2.75, 3.05) is 19.1 Å². The average Bonchev–Trinajstić information content (AvgIpc) is 2.86. The van der Waals surface area contributed by atoms with Crippen LogP contribution in [0.3, 0.4) is 0 Å². The normalized spacial score (nSPS) is 22.2. The Labute approximate surface area is 118 Å². The largest absolute Gasteiger partial charge is 0.496 e. The third-order valence-corrected chi connectivity index (χ3v) is 4.62. The first kappa shape index (κ1) is 14.1. The number of carbonyl (C=O) groups excluding carboxylic acids is 1. The van der Waals surface area contributed by atoms with Crippen molar-refractivity contribution in [1.29, 1.82) is 0 Å². The minimum absolute atomic E-state index is 0.0800. The minimum Gasteiger partial charge on any atom is -0.496 e. The van der Waals surface area contributed by atoms with Crippen molar-refractivity contribution < 1.29 is 9.53 Å². The van der Waals surface area contributed by atoms with Crippen LogP contribution in [0.1, 0.15) is 29.6 Å². The van der Waals surface area contributed by atoms with E-state index < -0.39 is 0 Å². The molecular formula is C14H20N2O2S. The van der Waals surface area contributed by atoms with Gasteiger partial charge in [0.15, 0.2) is 0 Å². The fourth-order valence-electron chi connectivity index (χ4n) is 2.44. The highest BCUT2D eigenvalue weighted by Gasteiger charge is 2.26. The van der Waals surface area contributed by atoms with Gasteiger partial charge in [-0.05, 0) is 37.7 Å². The fourth-order valence-corrected chi connectivity index (χ4v) is 3.24. The van der Waals surface area contributed by atoms with Gasteiger partial charge in [-0.25, -0.2) is 0 Å². The maximum absolute atomic E-state index is 12.2. The smallest absolute Gasteiger partial charge is 0.255 e. The number of rotatable bonds is 4. The van der Waals surface area contributed by atoms with Gasteiger partial charge in [-0.1, -0.05) is 0 Å². The topological polar surface area (TPSA) is 64.3 Å². The number of methoxy groups -OCH3 is 1. The highest BCUT2D eigenvalue weighted by molar-refractivity contribution is 7.99. The van der Waals surface area contributed by atoms with E-state index in [1.807, 2.05) is 11.8 Å². The predicted octanol–water partition coefficient (Wildman–Crippen LogP) is 2.29. The molecule has 1 saturated carbocycles. The Morgan fingerprint density at radius 2 is 2.26 bits per heavy atom. The van der Waals surface area contributed by atoms with Crippen molar-refractivity contribution in [2.45, 2.75) is 30.6 Å². The van der Waals surface area contributed by atoms with Crippen LogP contribution in [0.4, 0.5) is 5.69 Å². The van der Waals surface area contributed by atoms with E-state index in [4.69, 9.17) is 10.5 Å². The number of nitrogen functional groups attached to an aromatic ring is 1. The van der Waals surface area contributed by atoms with Gasteiger partial charge in [-0.2, -0.15) is 11.8 Å². The second-order valence-electron chi connectivity index (χ2n) is 4.80. The van der Waals surface area contributed by atoms with Gasteiger partial charge in [0.2, 0.25) is 0 Å². The number of hydrogen-bond donors (Lipinski definition) is 2.